The van der Waals surface area contributed by atoms with Gasteiger partial charge in [-0.25, -0.2) is 4.98 Å². The average molecular weight is 458 g/mol. The molecule has 0 bridgehead atoms. The smallest absolute Gasteiger partial charge is 0.354 e. The van der Waals surface area contributed by atoms with Gasteiger partial charge >= 0.3 is 6.18 Å². The highest BCUT2D eigenvalue weighted by Gasteiger charge is 2.36. The topological polar surface area (TPSA) is 104 Å². The number of aryl methyl sites for hydroxylation is 1. The van der Waals surface area contributed by atoms with E-state index in [-0.39, 0.29) is 28.2 Å². The van der Waals surface area contributed by atoms with Gasteiger partial charge in [-0.1, -0.05) is 6.08 Å². The van der Waals surface area contributed by atoms with E-state index in [2.05, 4.69) is 30.2 Å². The average Bonchev–Trinajstić information content (AvgIpc) is 2.78. The molecule has 0 fully saturated rings. The molecule has 1 aliphatic rings. The number of H-pyrrole nitrogens is 1. The Kier molecular flexibility index (Phi) is 5.98. The molecule has 3 aromatic heterocycles. The second kappa shape index (κ2) is 8.74. The van der Waals surface area contributed by atoms with Crippen LogP contribution in [-0.4, -0.2) is 50.9 Å². The maximum Gasteiger partial charge on any atom is 0.422 e. The van der Waals surface area contributed by atoms with Crippen LogP contribution in [0.15, 0.2) is 35.5 Å². The number of hydrogen-bond acceptors (Lipinski definition) is 6. The van der Waals surface area contributed by atoms with E-state index in [9.17, 15) is 22.8 Å². The molecule has 11 heteroatoms. The molecule has 4 rings (SSSR count). The molecule has 4 heterocycles. The number of aromatic amines is 1. The molecular formula is C22H21F3N6O2. The number of carbonyl (C=O) groups is 1. The zero-order chi connectivity index (χ0) is 23.8. The van der Waals surface area contributed by atoms with Crippen LogP contribution in [0.3, 0.4) is 0 Å². The van der Waals surface area contributed by atoms with Crippen molar-refractivity contribution < 1.29 is 18.0 Å². The molecule has 2 N–H and O–H groups in total. The van der Waals surface area contributed by atoms with Crippen molar-refractivity contribution in [3.8, 4) is 0 Å². The zero-order valence-electron chi connectivity index (χ0n) is 18.0. The van der Waals surface area contributed by atoms with Gasteiger partial charge in [-0.2, -0.15) is 13.2 Å². The molecule has 172 valence electrons. The fourth-order valence-electron chi connectivity index (χ4n) is 3.89. The summed E-state index contributed by atoms with van der Waals surface area (Å²) in [6.45, 7) is 3.14. The zero-order valence-corrected chi connectivity index (χ0v) is 18.0. The summed E-state index contributed by atoms with van der Waals surface area (Å²) < 4.78 is 39.5. The second-order valence-corrected chi connectivity index (χ2v) is 7.77. The molecule has 8 nitrogen and oxygen atoms in total. The van der Waals surface area contributed by atoms with Crippen LogP contribution in [0.1, 0.15) is 39.3 Å². The molecule has 3 aromatic rings. The molecule has 0 saturated carbocycles. The molecule has 0 spiro atoms. The quantitative estimate of drug-likeness (QED) is 0.623. The third-order valence-electron chi connectivity index (χ3n) is 5.57. The van der Waals surface area contributed by atoms with E-state index in [1.807, 2.05) is 6.08 Å². The van der Waals surface area contributed by atoms with Gasteiger partial charge in [0.1, 0.15) is 11.3 Å². The maximum absolute atomic E-state index is 13.2. The van der Waals surface area contributed by atoms with E-state index < -0.39 is 17.3 Å². The normalized spacial score (nSPS) is 14.9. The number of carbonyl (C=O) groups excluding carboxylic acids is 1. The Labute approximate surface area is 186 Å². The number of alkyl halides is 3. The molecule has 0 atom stereocenters. The maximum atomic E-state index is 13.2. The van der Waals surface area contributed by atoms with Gasteiger partial charge in [-0.15, -0.1) is 0 Å². The van der Waals surface area contributed by atoms with Crippen LogP contribution in [-0.2, 0) is 12.7 Å². The fraction of sp³-hybridized carbons (Fsp3) is 0.318. The summed E-state index contributed by atoms with van der Waals surface area (Å²) in [6.07, 6.45) is 2.57. The van der Waals surface area contributed by atoms with E-state index in [0.29, 0.717) is 18.8 Å². The van der Waals surface area contributed by atoms with Crippen LogP contribution in [0.4, 0.5) is 13.2 Å². The van der Waals surface area contributed by atoms with Crippen molar-refractivity contribution in [2.24, 2.45) is 0 Å². The van der Waals surface area contributed by atoms with Crippen LogP contribution >= 0.6 is 0 Å². The minimum atomic E-state index is -4.74. The minimum Gasteiger partial charge on any atom is -0.354 e. The lowest BCUT2D eigenvalue weighted by atomic mass is 10.0. The molecule has 0 radical (unpaired) electrons. The Hall–Kier alpha value is -3.60. The SMILES string of the molecule is CNC(=O)c1cnc(C2=CCN(Cc3cnc4c(C)c(C(F)(F)F)c(=O)[nH]c4c3)CC2)cn1. The van der Waals surface area contributed by atoms with E-state index in [4.69, 9.17) is 0 Å². The largest absolute Gasteiger partial charge is 0.422 e. The summed E-state index contributed by atoms with van der Waals surface area (Å²) in [7, 11) is 1.53. The number of pyridine rings is 2. The minimum absolute atomic E-state index is 0.130. The van der Waals surface area contributed by atoms with Gasteiger partial charge in [-0.05, 0) is 36.1 Å². The van der Waals surface area contributed by atoms with Crippen LogP contribution in [0.2, 0.25) is 0 Å². The number of halogens is 3. The number of rotatable bonds is 4. The van der Waals surface area contributed by atoms with Crippen molar-refractivity contribution in [3.63, 3.8) is 0 Å². The molecule has 0 aromatic carbocycles. The van der Waals surface area contributed by atoms with Crippen LogP contribution in [0.5, 0.6) is 0 Å². The molecule has 1 amide bonds. The highest BCUT2D eigenvalue weighted by Crippen LogP contribution is 2.31. The van der Waals surface area contributed by atoms with Gasteiger partial charge in [0.15, 0.2) is 0 Å². The van der Waals surface area contributed by atoms with Crippen molar-refractivity contribution in [1.29, 1.82) is 0 Å². The third-order valence-corrected chi connectivity index (χ3v) is 5.57. The Morgan fingerprint density at radius 3 is 2.61 bits per heavy atom. The van der Waals surface area contributed by atoms with Crippen molar-refractivity contribution in [3.05, 3.63) is 69.2 Å². The Bertz CT molecular complexity index is 1300. The number of fused-ring (bicyclic) bond motifs is 1. The van der Waals surface area contributed by atoms with Crippen LogP contribution < -0.4 is 10.9 Å². The molecule has 0 aliphatic carbocycles. The van der Waals surface area contributed by atoms with Gasteiger partial charge in [-0.3, -0.25) is 24.5 Å². The first-order chi connectivity index (χ1) is 15.7. The van der Waals surface area contributed by atoms with Gasteiger partial charge < -0.3 is 10.3 Å². The summed E-state index contributed by atoms with van der Waals surface area (Å²) in [5, 5.41) is 2.50. The number of hydrogen-bond donors (Lipinski definition) is 2. The first-order valence-electron chi connectivity index (χ1n) is 10.2. The lowest BCUT2D eigenvalue weighted by Crippen LogP contribution is -2.28. The van der Waals surface area contributed by atoms with Gasteiger partial charge in [0.2, 0.25) is 0 Å². The first kappa shape index (κ1) is 22.6. The molecular weight excluding hydrogens is 437 g/mol. The highest BCUT2D eigenvalue weighted by atomic mass is 19.4. The summed E-state index contributed by atoms with van der Waals surface area (Å²) in [5.74, 6) is -0.298. The number of nitrogens with one attached hydrogen (secondary N) is 2. The van der Waals surface area contributed by atoms with E-state index >= 15 is 0 Å². The number of nitrogens with zero attached hydrogens (tertiary/aromatic N) is 4. The predicted octanol–water partition coefficient (Wildman–Crippen LogP) is 2.69. The Balaban J connectivity index is 1.49. The van der Waals surface area contributed by atoms with Crippen molar-refractivity contribution >= 4 is 22.5 Å². The van der Waals surface area contributed by atoms with Crippen molar-refractivity contribution in [2.45, 2.75) is 26.1 Å². The highest BCUT2D eigenvalue weighted by molar-refractivity contribution is 5.91. The van der Waals surface area contributed by atoms with E-state index in [0.717, 1.165) is 24.1 Å². The van der Waals surface area contributed by atoms with Gasteiger partial charge in [0.05, 0.1) is 29.1 Å². The lowest BCUT2D eigenvalue weighted by Gasteiger charge is -2.26. The van der Waals surface area contributed by atoms with E-state index in [1.165, 1.54) is 26.4 Å². The van der Waals surface area contributed by atoms with Crippen molar-refractivity contribution in [1.82, 2.24) is 30.2 Å². The number of amides is 1. The monoisotopic (exact) mass is 458 g/mol. The second-order valence-electron chi connectivity index (χ2n) is 7.77. The fourth-order valence-corrected chi connectivity index (χ4v) is 3.89. The third kappa shape index (κ3) is 4.63. The molecule has 33 heavy (non-hydrogen) atoms. The predicted molar refractivity (Wildman–Crippen MR) is 115 cm³/mol. The van der Waals surface area contributed by atoms with Crippen LogP contribution in [0, 0.1) is 6.92 Å². The van der Waals surface area contributed by atoms with Crippen LogP contribution in [0.25, 0.3) is 16.6 Å². The molecule has 1 aliphatic heterocycles. The Morgan fingerprint density at radius 2 is 2.00 bits per heavy atom. The summed E-state index contributed by atoms with van der Waals surface area (Å²) in [6, 6.07) is 1.67. The van der Waals surface area contributed by atoms with Crippen molar-refractivity contribution in [2.75, 3.05) is 20.1 Å². The first-order valence-corrected chi connectivity index (χ1v) is 10.2. The Morgan fingerprint density at radius 1 is 1.21 bits per heavy atom. The summed E-state index contributed by atoms with van der Waals surface area (Å²) in [4.78, 5) is 40.7. The van der Waals surface area contributed by atoms with Gasteiger partial charge in [0.25, 0.3) is 11.5 Å². The number of aromatic nitrogens is 4. The lowest BCUT2D eigenvalue weighted by molar-refractivity contribution is -0.139. The molecule has 0 saturated heterocycles. The summed E-state index contributed by atoms with van der Waals surface area (Å²) in [5.41, 5.74) is 0.620. The standard InChI is InChI=1S/C22H21F3N6O2/c1-12-18(22(23,24)25)21(33)30-15-7-13(8-29-19(12)15)11-31-5-3-14(4-6-31)16-9-28-17(10-27-16)20(32)26-2/h3,7-10H,4-6,11H2,1-2H3,(H,26,32)(H,30,33). The summed E-state index contributed by atoms with van der Waals surface area (Å²) >= 11 is 0. The molecule has 0 unspecified atom stereocenters. The van der Waals surface area contributed by atoms with Gasteiger partial charge in [0, 0.05) is 32.9 Å². The van der Waals surface area contributed by atoms with E-state index in [1.54, 1.807) is 12.3 Å².